The quantitative estimate of drug-likeness (QED) is 0.574. The summed E-state index contributed by atoms with van der Waals surface area (Å²) in [6.45, 7) is 2.78. The van der Waals surface area contributed by atoms with Gasteiger partial charge in [-0.05, 0) is 48.9 Å². The number of ether oxygens (including phenoxy) is 1. The molecule has 1 saturated heterocycles. The van der Waals surface area contributed by atoms with Crippen LogP contribution < -0.4 is 4.74 Å². The minimum Gasteiger partial charge on any atom is -0.496 e. The number of carbonyl (C=O) groups excluding carboxylic acids is 1. The van der Waals surface area contributed by atoms with E-state index >= 15 is 0 Å². The summed E-state index contributed by atoms with van der Waals surface area (Å²) in [5.74, 6) is 1.45. The van der Waals surface area contributed by atoms with E-state index in [-0.39, 0.29) is 23.7 Å². The smallest absolute Gasteiger partial charge is 0.223 e. The molecule has 0 spiro atoms. The van der Waals surface area contributed by atoms with Crippen LogP contribution in [-0.2, 0) is 4.79 Å². The molecule has 4 rings (SSSR count). The van der Waals surface area contributed by atoms with Gasteiger partial charge >= 0.3 is 0 Å². The number of benzene rings is 2. The molecule has 3 aromatic rings. The number of carbonyl (C=O) groups is 1. The predicted octanol–water partition coefficient (Wildman–Crippen LogP) is 5.47. The Labute approximate surface area is 182 Å². The SMILES string of the molecule is COc1ccccc1C(C)CC(=O)N1CCCCC1c1ncc(-c2cccc(F)c2)[nH]1. The third kappa shape index (κ3) is 4.63. The number of para-hydroxylation sites is 1. The van der Waals surface area contributed by atoms with E-state index in [1.807, 2.05) is 35.2 Å². The first-order chi connectivity index (χ1) is 15.1. The van der Waals surface area contributed by atoms with Gasteiger partial charge in [0.2, 0.25) is 5.91 Å². The second kappa shape index (κ2) is 9.33. The molecule has 162 valence electrons. The Bertz CT molecular complexity index is 1050. The van der Waals surface area contributed by atoms with Crippen LogP contribution in [0.1, 0.15) is 56.0 Å². The van der Waals surface area contributed by atoms with Crippen LogP contribution >= 0.6 is 0 Å². The maximum Gasteiger partial charge on any atom is 0.223 e. The molecule has 31 heavy (non-hydrogen) atoms. The van der Waals surface area contributed by atoms with Crippen molar-refractivity contribution in [3.63, 3.8) is 0 Å². The number of hydrogen-bond acceptors (Lipinski definition) is 3. The van der Waals surface area contributed by atoms with Crippen molar-refractivity contribution in [2.45, 2.75) is 44.6 Å². The number of likely N-dealkylation sites (tertiary alicyclic amines) is 1. The number of rotatable bonds is 6. The highest BCUT2D eigenvalue weighted by Gasteiger charge is 2.31. The minimum absolute atomic E-state index is 0.0469. The number of nitrogens with one attached hydrogen (secondary N) is 1. The predicted molar refractivity (Wildman–Crippen MR) is 118 cm³/mol. The maximum atomic E-state index is 13.6. The highest BCUT2D eigenvalue weighted by Crippen LogP contribution is 2.34. The lowest BCUT2D eigenvalue weighted by Crippen LogP contribution is -2.39. The summed E-state index contributed by atoms with van der Waals surface area (Å²) in [5.41, 5.74) is 2.55. The summed E-state index contributed by atoms with van der Waals surface area (Å²) < 4.78 is 19.1. The third-order valence-electron chi connectivity index (χ3n) is 6.02. The van der Waals surface area contributed by atoms with Gasteiger partial charge in [-0.15, -0.1) is 0 Å². The number of piperidine rings is 1. The van der Waals surface area contributed by atoms with Crippen molar-refractivity contribution in [3.8, 4) is 17.0 Å². The Morgan fingerprint density at radius 1 is 1.26 bits per heavy atom. The number of aromatic amines is 1. The molecule has 1 N–H and O–H groups in total. The van der Waals surface area contributed by atoms with E-state index in [1.54, 1.807) is 19.4 Å². The fourth-order valence-corrected chi connectivity index (χ4v) is 4.39. The van der Waals surface area contributed by atoms with Crippen molar-refractivity contribution in [2.75, 3.05) is 13.7 Å². The molecule has 2 aromatic carbocycles. The number of amides is 1. The van der Waals surface area contributed by atoms with Gasteiger partial charge in [-0.1, -0.05) is 37.3 Å². The molecule has 6 heteroatoms. The zero-order chi connectivity index (χ0) is 21.8. The molecule has 1 fully saturated rings. The number of methoxy groups -OCH3 is 1. The van der Waals surface area contributed by atoms with Crippen LogP contribution in [0.4, 0.5) is 4.39 Å². The third-order valence-corrected chi connectivity index (χ3v) is 6.02. The van der Waals surface area contributed by atoms with Crippen molar-refractivity contribution < 1.29 is 13.9 Å². The number of H-pyrrole nitrogens is 1. The van der Waals surface area contributed by atoms with Crippen molar-refractivity contribution >= 4 is 5.91 Å². The minimum atomic E-state index is -0.284. The summed E-state index contributed by atoms with van der Waals surface area (Å²) in [5, 5.41) is 0. The Balaban J connectivity index is 1.52. The largest absolute Gasteiger partial charge is 0.496 e. The van der Waals surface area contributed by atoms with Gasteiger partial charge in [0.25, 0.3) is 0 Å². The summed E-state index contributed by atoms with van der Waals surface area (Å²) >= 11 is 0. The topological polar surface area (TPSA) is 58.2 Å². The zero-order valence-electron chi connectivity index (χ0n) is 18.0. The molecule has 2 atom stereocenters. The molecule has 0 aliphatic carbocycles. The average Bonchev–Trinajstić information content (AvgIpc) is 3.29. The Hall–Kier alpha value is -3.15. The van der Waals surface area contributed by atoms with Gasteiger partial charge in [0, 0.05) is 18.5 Å². The molecule has 1 aliphatic rings. The number of aromatic nitrogens is 2. The molecule has 1 aromatic heterocycles. The molecule has 1 amide bonds. The van der Waals surface area contributed by atoms with E-state index < -0.39 is 0 Å². The molecular weight excluding hydrogens is 393 g/mol. The van der Waals surface area contributed by atoms with Crippen molar-refractivity contribution in [3.05, 3.63) is 71.9 Å². The molecule has 5 nitrogen and oxygen atoms in total. The van der Waals surface area contributed by atoms with Crippen LogP contribution in [0.5, 0.6) is 5.75 Å². The number of nitrogens with zero attached hydrogens (tertiary/aromatic N) is 2. The second-order valence-electron chi connectivity index (χ2n) is 8.14. The van der Waals surface area contributed by atoms with Gasteiger partial charge in [-0.2, -0.15) is 0 Å². The van der Waals surface area contributed by atoms with Crippen LogP contribution in [0.2, 0.25) is 0 Å². The first kappa shape index (κ1) is 21.1. The lowest BCUT2D eigenvalue weighted by atomic mass is 9.94. The van der Waals surface area contributed by atoms with Gasteiger partial charge in [0.1, 0.15) is 17.4 Å². The second-order valence-corrected chi connectivity index (χ2v) is 8.14. The van der Waals surface area contributed by atoms with Crippen molar-refractivity contribution in [1.29, 1.82) is 0 Å². The Morgan fingerprint density at radius 3 is 2.90 bits per heavy atom. The van der Waals surface area contributed by atoms with Gasteiger partial charge in [0.15, 0.2) is 0 Å². The number of imidazole rings is 1. The zero-order valence-corrected chi connectivity index (χ0v) is 18.0. The molecule has 0 saturated carbocycles. The standard InChI is InChI=1S/C25H28FN3O2/c1-17(20-10-3-4-12-23(20)31-2)14-24(30)29-13-6-5-11-22(29)25-27-16-21(28-25)18-8-7-9-19(26)15-18/h3-4,7-10,12,15-17,22H,5-6,11,13-14H2,1-2H3,(H,27,28). The van der Waals surface area contributed by atoms with Gasteiger partial charge in [0.05, 0.1) is 25.0 Å². The molecular formula is C25H28FN3O2. The lowest BCUT2D eigenvalue weighted by Gasteiger charge is -2.35. The molecule has 2 unspecified atom stereocenters. The van der Waals surface area contributed by atoms with Crippen LogP contribution in [-0.4, -0.2) is 34.4 Å². The summed E-state index contributed by atoms with van der Waals surface area (Å²) in [7, 11) is 1.65. The van der Waals surface area contributed by atoms with E-state index in [2.05, 4.69) is 16.9 Å². The van der Waals surface area contributed by atoms with Crippen LogP contribution in [0.15, 0.2) is 54.7 Å². The normalized spacial score (nSPS) is 17.4. The van der Waals surface area contributed by atoms with Crippen LogP contribution in [0.3, 0.4) is 0 Å². The van der Waals surface area contributed by atoms with E-state index in [9.17, 15) is 9.18 Å². The average molecular weight is 422 g/mol. The number of halogens is 1. The fraction of sp³-hybridized carbons (Fsp3) is 0.360. The van der Waals surface area contributed by atoms with E-state index in [0.29, 0.717) is 6.42 Å². The van der Waals surface area contributed by atoms with Gasteiger partial charge in [-0.3, -0.25) is 4.79 Å². The van der Waals surface area contributed by atoms with Gasteiger partial charge in [-0.25, -0.2) is 9.37 Å². The molecule has 2 heterocycles. The fourth-order valence-electron chi connectivity index (χ4n) is 4.39. The summed E-state index contributed by atoms with van der Waals surface area (Å²) in [4.78, 5) is 23.1. The molecule has 0 radical (unpaired) electrons. The summed E-state index contributed by atoms with van der Waals surface area (Å²) in [6.07, 6.45) is 5.04. The Kier molecular flexibility index (Phi) is 6.35. The highest BCUT2D eigenvalue weighted by atomic mass is 19.1. The Morgan fingerprint density at radius 2 is 2.10 bits per heavy atom. The van der Waals surface area contributed by atoms with Crippen molar-refractivity contribution in [2.24, 2.45) is 0 Å². The first-order valence-electron chi connectivity index (χ1n) is 10.8. The van der Waals surface area contributed by atoms with Gasteiger partial charge < -0.3 is 14.6 Å². The van der Waals surface area contributed by atoms with Crippen LogP contribution in [0, 0.1) is 5.82 Å². The molecule has 1 aliphatic heterocycles. The highest BCUT2D eigenvalue weighted by molar-refractivity contribution is 5.78. The van der Waals surface area contributed by atoms with Crippen LogP contribution in [0.25, 0.3) is 11.3 Å². The summed E-state index contributed by atoms with van der Waals surface area (Å²) in [6, 6.07) is 14.2. The number of hydrogen-bond donors (Lipinski definition) is 1. The van der Waals surface area contributed by atoms with E-state index in [4.69, 9.17) is 4.74 Å². The van der Waals surface area contributed by atoms with E-state index in [1.165, 1.54) is 12.1 Å². The lowest BCUT2D eigenvalue weighted by molar-refractivity contribution is -0.135. The monoisotopic (exact) mass is 421 g/mol. The van der Waals surface area contributed by atoms with Crippen molar-refractivity contribution in [1.82, 2.24) is 14.9 Å². The molecule has 0 bridgehead atoms. The first-order valence-corrected chi connectivity index (χ1v) is 10.8. The van der Waals surface area contributed by atoms with E-state index in [0.717, 1.165) is 54.2 Å². The maximum absolute atomic E-state index is 13.6.